The summed E-state index contributed by atoms with van der Waals surface area (Å²) in [4.78, 5) is 15.9. The van der Waals surface area contributed by atoms with Gasteiger partial charge in [-0.1, -0.05) is 24.4 Å². The zero-order chi connectivity index (χ0) is 12.5. The molecule has 1 aromatic heterocycles. The second kappa shape index (κ2) is 4.77. The molecule has 1 heterocycles. The summed E-state index contributed by atoms with van der Waals surface area (Å²) in [5.41, 5.74) is 3.17. The smallest absolute Gasteiger partial charge is 0.192 e. The Hall–Kier alpha value is -1.28. The average Bonchev–Trinajstić information content (AvgIpc) is 2.31. The largest absolute Gasteiger partial charge is 0.358 e. The first-order chi connectivity index (χ1) is 8.75. The molecule has 18 heavy (non-hydrogen) atoms. The Morgan fingerprint density at radius 1 is 1.06 bits per heavy atom. The number of benzene rings is 1. The lowest BCUT2D eigenvalue weighted by molar-refractivity contribution is 0.608. The summed E-state index contributed by atoms with van der Waals surface area (Å²) >= 11 is 5.99. The lowest BCUT2D eigenvalue weighted by atomic mass is 9.95. The van der Waals surface area contributed by atoms with Gasteiger partial charge in [0, 0.05) is 21.7 Å². The van der Waals surface area contributed by atoms with Crippen molar-refractivity contribution < 1.29 is 0 Å². The van der Waals surface area contributed by atoms with Crippen molar-refractivity contribution in [3.8, 4) is 0 Å². The molecule has 0 bridgehead atoms. The molecule has 0 amide bonds. The number of hydrogen-bond acceptors (Lipinski definition) is 1. The van der Waals surface area contributed by atoms with Gasteiger partial charge in [0.2, 0.25) is 0 Å². The van der Waals surface area contributed by atoms with E-state index in [1.54, 1.807) is 6.07 Å². The van der Waals surface area contributed by atoms with Crippen LogP contribution in [0.2, 0.25) is 5.02 Å². The number of aromatic amines is 1. The molecular formula is C15H16ClNO. The molecule has 0 spiro atoms. The van der Waals surface area contributed by atoms with Crippen molar-refractivity contribution in [3.05, 3.63) is 44.7 Å². The van der Waals surface area contributed by atoms with Crippen LogP contribution in [0.1, 0.15) is 36.9 Å². The van der Waals surface area contributed by atoms with Gasteiger partial charge in [0.25, 0.3) is 0 Å². The van der Waals surface area contributed by atoms with E-state index in [1.165, 1.54) is 12.8 Å². The van der Waals surface area contributed by atoms with Crippen LogP contribution >= 0.6 is 11.6 Å². The Morgan fingerprint density at radius 3 is 2.67 bits per heavy atom. The normalized spacial score (nSPS) is 16.1. The number of pyridine rings is 1. The van der Waals surface area contributed by atoms with Crippen molar-refractivity contribution in [1.29, 1.82) is 0 Å². The zero-order valence-electron chi connectivity index (χ0n) is 10.3. The fraction of sp³-hybridized carbons (Fsp3) is 0.400. The third-order valence-electron chi connectivity index (χ3n) is 3.75. The number of nitrogens with one attached hydrogen (secondary N) is 1. The fourth-order valence-electron chi connectivity index (χ4n) is 2.79. The molecule has 3 rings (SSSR count). The van der Waals surface area contributed by atoms with Gasteiger partial charge in [-0.15, -0.1) is 0 Å². The van der Waals surface area contributed by atoms with Gasteiger partial charge in [0.05, 0.1) is 5.52 Å². The topological polar surface area (TPSA) is 32.9 Å². The van der Waals surface area contributed by atoms with Crippen LogP contribution in [-0.2, 0) is 12.8 Å². The van der Waals surface area contributed by atoms with Crippen LogP contribution in [0.4, 0.5) is 0 Å². The van der Waals surface area contributed by atoms with E-state index in [1.807, 2.05) is 12.1 Å². The summed E-state index contributed by atoms with van der Waals surface area (Å²) in [6.07, 6.45) is 6.66. The van der Waals surface area contributed by atoms with E-state index in [4.69, 9.17) is 11.6 Å². The number of hydrogen-bond donors (Lipinski definition) is 1. The van der Waals surface area contributed by atoms with Crippen LogP contribution in [-0.4, -0.2) is 4.98 Å². The summed E-state index contributed by atoms with van der Waals surface area (Å²) in [5, 5.41) is 1.43. The third kappa shape index (κ3) is 2.05. The molecule has 0 unspecified atom stereocenters. The minimum atomic E-state index is 0.192. The van der Waals surface area contributed by atoms with Gasteiger partial charge >= 0.3 is 0 Å². The molecule has 2 nitrogen and oxygen atoms in total. The third-order valence-corrected chi connectivity index (χ3v) is 3.99. The number of H-pyrrole nitrogens is 1. The number of aromatic nitrogens is 1. The zero-order valence-corrected chi connectivity index (χ0v) is 11.0. The maximum Gasteiger partial charge on any atom is 0.192 e. The summed E-state index contributed by atoms with van der Waals surface area (Å²) in [6.45, 7) is 0. The Bertz CT molecular complexity index is 645. The Kier molecular flexibility index (Phi) is 3.13. The van der Waals surface area contributed by atoms with Gasteiger partial charge in [-0.05, 0) is 43.9 Å². The molecule has 1 N–H and O–H groups in total. The van der Waals surface area contributed by atoms with Crippen LogP contribution in [0.15, 0.2) is 23.0 Å². The van der Waals surface area contributed by atoms with Crippen molar-refractivity contribution in [1.82, 2.24) is 4.98 Å². The van der Waals surface area contributed by atoms with E-state index in [0.29, 0.717) is 5.02 Å². The number of fused-ring (bicyclic) bond motifs is 2. The summed E-state index contributed by atoms with van der Waals surface area (Å²) in [6, 6.07) is 5.46. The molecule has 0 aliphatic heterocycles. The van der Waals surface area contributed by atoms with E-state index in [0.717, 1.165) is 47.8 Å². The van der Waals surface area contributed by atoms with Crippen LogP contribution < -0.4 is 5.43 Å². The maximum atomic E-state index is 12.5. The Labute approximate surface area is 111 Å². The van der Waals surface area contributed by atoms with Crippen LogP contribution in [0.5, 0.6) is 0 Å². The standard InChI is InChI=1S/C15H16ClNO/c16-10-7-8-12-14(9-10)17-13-6-4-2-1-3-5-11(13)15(12)18/h7-9H,1-6H2,(H,17,18). The second-order valence-electron chi connectivity index (χ2n) is 5.02. The van der Waals surface area contributed by atoms with E-state index >= 15 is 0 Å². The molecule has 3 heteroatoms. The summed E-state index contributed by atoms with van der Waals surface area (Å²) in [5.74, 6) is 0. The van der Waals surface area contributed by atoms with Gasteiger partial charge in [-0.25, -0.2) is 0 Å². The van der Waals surface area contributed by atoms with Gasteiger partial charge in [0.15, 0.2) is 5.43 Å². The molecule has 0 saturated heterocycles. The lowest BCUT2D eigenvalue weighted by Gasteiger charge is -2.14. The SMILES string of the molecule is O=c1c2c([nH]c3cc(Cl)ccc13)CCCCCC2. The minimum absolute atomic E-state index is 0.192. The molecular weight excluding hydrogens is 246 g/mol. The summed E-state index contributed by atoms with van der Waals surface area (Å²) in [7, 11) is 0. The Morgan fingerprint density at radius 2 is 1.83 bits per heavy atom. The highest BCUT2D eigenvalue weighted by Crippen LogP contribution is 2.21. The second-order valence-corrected chi connectivity index (χ2v) is 5.45. The van der Waals surface area contributed by atoms with E-state index < -0.39 is 0 Å². The van der Waals surface area contributed by atoms with E-state index in [9.17, 15) is 4.79 Å². The molecule has 1 aliphatic rings. The van der Waals surface area contributed by atoms with Crippen molar-refractivity contribution in [2.75, 3.05) is 0 Å². The monoisotopic (exact) mass is 261 g/mol. The predicted molar refractivity (Wildman–Crippen MR) is 75.5 cm³/mol. The molecule has 0 radical (unpaired) electrons. The highest BCUT2D eigenvalue weighted by Gasteiger charge is 2.13. The van der Waals surface area contributed by atoms with E-state index in [2.05, 4.69) is 4.98 Å². The number of halogens is 1. The fourth-order valence-corrected chi connectivity index (χ4v) is 2.96. The van der Waals surface area contributed by atoms with Crippen molar-refractivity contribution >= 4 is 22.5 Å². The van der Waals surface area contributed by atoms with Gasteiger partial charge < -0.3 is 4.98 Å². The van der Waals surface area contributed by atoms with Crippen molar-refractivity contribution in [2.24, 2.45) is 0 Å². The maximum absolute atomic E-state index is 12.5. The van der Waals surface area contributed by atoms with Gasteiger partial charge in [-0.2, -0.15) is 0 Å². The first-order valence-corrected chi connectivity index (χ1v) is 6.97. The van der Waals surface area contributed by atoms with Crippen LogP contribution in [0.25, 0.3) is 10.9 Å². The first-order valence-electron chi connectivity index (χ1n) is 6.59. The van der Waals surface area contributed by atoms with Gasteiger partial charge in [-0.3, -0.25) is 4.79 Å². The van der Waals surface area contributed by atoms with Crippen LogP contribution in [0.3, 0.4) is 0 Å². The molecule has 2 aromatic rings. The molecule has 0 fully saturated rings. The van der Waals surface area contributed by atoms with Crippen molar-refractivity contribution in [2.45, 2.75) is 38.5 Å². The molecule has 94 valence electrons. The van der Waals surface area contributed by atoms with Crippen LogP contribution in [0, 0.1) is 0 Å². The average molecular weight is 262 g/mol. The van der Waals surface area contributed by atoms with E-state index in [-0.39, 0.29) is 5.43 Å². The highest BCUT2D eigenvalue weighted by molar-refractivity contribution is 6.31. The molecule has 1 aromatic carbocycles. The minimum Gasteiger partial charge on any atom is -0.358 e. The predicted octanol–water partition coefficient (Wildman–Crippen LogP) is 3.84. The Balaban J connectivity index is 2.26. The molecule has 0 atom stereocenters. The quantitative estimate of drug-likeness (QED) is 0.768. The number of aryl methyl sites for hydroxylation is 1. The first kappa shape index (κ1) is 11.8. The summed E-state index contributed by atoms with van der Waals surface area (Å²) < 4.78 is 0. The molecule has 1 aliphatic carbocycles. The molecule has 0 saturated carbocycles. The highest BCUT2D eigenvalue weighted by atomic mass is 35.5. The van der Waals surface area contributed by atoms with Crippen molar-refractivity contribution in [3.63, 3.8) is 0 Å². The number of rotatable bonds is 0. The lowest BCUT2D eigenvalue weighted by Crippen LogP contribution is -2.16. The van der Waals surface area contributed by atoms with Gasteiger partial charge in [0.1, 0.15) is 0 Å².